The average molecular weight is 331 g/mol. The number of aromatic nitrogens is 4. The van der Waals surface area contributed by atoms with E-state index >= 15 is 0 Å². The van der Waals surface area contributed by atoms with E-state index in [9.17, 15) is 4.79 Å². The van der Waals surface area contributed by atoms with Gasteiger partial charge in [0.2, 0.25) is 5.91 Å². The van der Waals surface area contributed by atoms with Crippen molar-refractivity contribution in [3.63, 3.8) is 0 Å². The van der Waals surface area contributed by atoms with E-state index in [0.29, 0.717) is 31.4 Å². The summed E-state index contributed by atoms with van der Waals surface area (Å²) in [5, 5.41) is 8.19. The molecule has 2 aliphatic rings. The van der Waals surface area contributed by atoms with Crippen LogP contribution < -0.4 is 0 Å². The molecule has 8 nitrogen and oxygen atoms in total. The lowest BCUT2D eigenvalue weighted by atomic mass is 10.1. The number of nitrogens with zero attached hydrogens (tertiary/aromatic N) is 5. The molecule has 1 amide bonds. The van der Waals surface area contributed by atoms with Crippen LogP contribution in [0.25, 0.3) is 0 Å². The van der Waals surface area contributed by atoms with Gasteiger partial charge in [0.05, 0.1) is 19.1 Å². The number of rotatable bonds is 4. The Hall–Kier alpha value is -2.22. The van der Waals surface area contributed by atoms with E-state index in [-0.39, 0.29) is 18.1 Å². The Morgan fingerprint density at radius 3 is 2.96 bits per heavy atom. The highest BCUT2D eigenvalue weighted by Gasteiger charge is 2.39. The molecule has 0 radical (unpaired) electrons. The maximum absolute atomic E-state index is 12.8. The Bertz CT molecular complexity index is 736. The van der Waals surface area contributed by atoms with Gasteiger partial charge < -0.3 is 14.2 Å². The van der Waals surface area contributed by atoms with Crippen molar-refractivity contribution in [2.45, 2.75) is 44.2 Å². The monoisotopic (exact) mass is 331 g/mol. The molecule has 0 spiro atoms. The van der Waals surface area contributed by atoms with Crippen molar-refractivity contribution in [3.05, 3.63) is 29.7 Å². The van der Waals surface area contributed by atoms with Gasteiger partial charge in [-0.15, -0.1) is 0 Å². The second-order valence-corrected chi connectivity index (χ2v) is 6.50. The van der Waals surface area contributed by atoms with E-state index in [0.717, 1.165) is 24.4 Å². The number of hydrogen-bond acceptors (Lipinski definition) is 6. The minimum absolute atomic E-state index is 0.0184. The number of ether oxygens (including phenoxy) is 1. The SMILES string of the molecule is C[C@H]1OCCN(C(=O)Cc2ccnn2C)[C@@H]1c1nc(C2CC2)no1. The Morgan fingerprint density at radius 2 is 2.25 bits per heavy atom. The second-order valence-electron chi connectivity index (χ2n) is 6.50. The third kappa shape index (κ3) is 2.82. The fraction of sp³-hybridized carbons (Fsp3) is 0.625. The van der Waals surface area contributed by atoms with Crippen molar-refractivity contribution in [2.24, 2.45) is 7.05 Å². The number of morpholine rings is 1. The van der Waals surface area contributed by atoms with Crippen molar-refractivity contribution in [1.29, 1.82) is 0 Å². The highest BCUT2D eigenvalue weighted by molar-refractivity contribution is 5.79. The van der Waals surface area contributed by atoms with Crippen LogP contribution in [0.1, 0.15) is 49.1 Å². The molecule has 128 valence electrons. The minimum atomic E-state index is -0.334. The molecule has 1 aliphatic carbocycles. The normalized spacial score (nSPS) is 24.3. The van der Waals surface area contributed by atoms with E-state index < -0.39 is 0 Å². The van der Waals surface area contributed by atoms with Gasteiger partial charge >= 0.3 is 0 Å². The molecule has 3 heterocycles. The summed E-state index contributed by atoms with van der Waals surface area (Å²) in [4.78, 5) is 19.2. The van der Waals surface area contributed by atoms with Crippen molar-refractivity contribution in [1.82, 2.24) is 24.8 Å². The highest BCUT2D eigenvalue weighted by atomic mass is 16.5. The van der Waals surface area contributed by atoms with Gasteiger partial charge in [-0.1, -0.05) is 5.16 Å². The first-order chi connectivity index (χ1) is 11.6. The summed E-state index contributed by atoms with van der Waals surface area (Å²) in [6.07, 6.45) is 4.03. The Morgan fingerprint density at radius 1 is 1.42 bits per heavy atom. The van der Waals surface area contributed by atoms with E-state index in [4.69, 9.17) is 9.26 Å². The van der Waals surface area contributed by atoms with Crippen LogP contribution in [0.15, 0.2) is 16.8 Å². The zero-order valence-electron chi connectivity index (χ0n) is 13.9. The molecule has 4 rings (SSSR count). The summed E-state index contributed by atoms with van der Waals surface area (Å²) >= 11 is 0. The van der Waals surface area contributed by atoms with Crippen LogP contribution in [0.2, 0.25) is 0 Å². The van der Waals surface area contributed by atoms with Crippen molar-refractivity contribution in [3.8, 4) is 0 Å². The topological polar surface area (TPSA) is 86.3 Å². The summed E-state index contributed by atoms with van der Waals surface area (Å²) in [7, 11) is 1.84. The Balaban J connectivity index is 1.56. The number of hydrogen-bond donors (Lipinski definition) is 0. The van der Waals surface area contributed by atoms with Crippen LogP contribution in [0.5, 0.6) is 0 Å². The second kappa shape index (κ2) is 6.01. The maximum atomic E-state index is 12.8. The van der Waals surface area contributed by atoms with Crippen LogP contribution in [0, 0.1) is 0 Å². The maximum Gasteiger partial charge on any atom is 0.252 e. The summed E-state index contributed by atoms with van der Waals surface area (Å²) < 4.78 is 12.9. The van der Waals surface area contributed by atoms with Gasteiger partial charge in [-0.25, -0.2) is 0 Å². The predicted octanol–water partition coefficient (Wildman–Crippen LogP) is 1.21. The molecular formula is C16H21N5O3. The number of carbonyl (C=O) groups is 1. The Kier molecular flexibility index (Phi) is 3.84. The third-order valence-electron chi connectivity index (χ3n) is 4.72. The molecule has 1 saturated heterocycles. The van der Waals surface area contributed by atoms with Crippen molar-refractivity contribution < 1.29 is 14.1 Å². The zero-order chi connectivity index (χ0) is 16.7. The van der Waals surface area contributed by atoms with Crippen LogP contribution >= 0.6 is 0 Å². The fourth-order valence-electron chi connectivity index (χ4n) is 3.14. The molecule has 0 bridgehead atoms. The molecule has 2 fully saturated rings. The van der Waals surface area contributed by atoms with Crippen LogP contribution in [0.3, 0.4) is 0 Å². The molecule has 2 aromatic heterocycles. The quantitative estimate of drug-likeness (QED) is 0.837. The molecule has 8 heteroatoms. The first-order valence-corrected chi connectivity index (χ1v) is 8.35. The van der Waals surface area contributed by atoms with Crippen molar-refractivity contribution in [2.75, 3.05) is 13.2 Å². The van der Waals surface area contributed by atoms with Gasteiger partial charge in [0.1, 0.15) is 6.04 Å². The van der Waals surface area contributed by atoms with Gasteiger partial charge in [-0.3, -0.25) is 9.48 Å². The molecule has 0 N–H and O–H groups in total. The third-order valence-corrected chi connectivity index (χ3v) is 4.72. The molecule has 1 saturated carbocycles. The molecule has 1 aliphatic heterocycles. The lowest BCUT2D eigenvalue weighted by molar-refractivity contribution is -0.146. The molecule has 2 aromatic rings. The Labute approximate surface area is 139 Å². The fourth-order valence-corrected chi connectivity index (χ4v) is 3.14. The molecular weight excluding hydrogens is 310 g/mol. The first kappa shape index (κ1) is 15.3. The van der Waals surface area contributed by atoms with Crippen LogP contribution in [-0.2, 0) is 23.0 Å². The van der Waals surface area contributed by atoms with E-state index in [1.54, 1.807) is 15.8 Å². The molecule has 0 unspecified atom stereocenters. The van der Waals surface area contributed by atoms with Gasteiger partial charge in [0, 0.05) is 31.4 Å². The van der Waals surface area contributed by atoms with Gasteiger partial charge in [0.25, 0.3) is 5.89 Å². The van der Waals surface area contributed by atoms with Crippen LogP contribution in [-0.4, -0.2) is 50.0 Å². The zero-order valence-corrected chi connectivity index (χ0v) is 13.9. The lowest BCUT2D eigenvalue weighted by Crippen LogP contribution is -2.48. The van der Waals surface area contributed by atoms with Gasteiger partial charge in [0.15, 0.2) is 5.82 Å². The summed E-state index contributed by atoms with van der Waals surface area (Å²) in [5.74, 6) is 1.66. The minimum Gasteiger partial charge on any atom is -0.374 e. The van der Waals surface area contributed by atoms with Crippen LogP contribution in [0.4, 0.5) is 0 Å². The molecule has 2 atom stereocenters. The summed E-state index contributed by atoms with van der Waals surface area (Å²) in [6, 6.07) is 1.52. The average Bonchev–Trinajstić information content (AvgIpc) is 3.17. The summed E-state index contributed by atoms with van der Waals surface area (Å²) in [6.45, 7) is 2.97. The number of amides is 1. The predicted molar refractivity (Wildman–Crippen MR) is 83.1 cm³/mol. The molecule has 24 heavy (non-hydrogen) atoms. The van der Waals surface area contributed by atoms with E-state index in [2.05, 4.69) is 15.2 Å². The van der Waals surface area contributed by atoms with Gasteiger partial charge in [-0.05, 0) is 25.8 Å². The first-order valence-electron chi connectivity index (χ1n) is 8.35. The van der Waals surface area contributed by atoms with E-state index in [1.807, 2.05) is 20.0 Å². The lowest BCUT2D eigenvalue weighted by Gasteiger charge is -2.37. The standard InChI is InChI=1S/C16H21N5O3/c1-10-14(16-18-15(19-24-16)11-3-4-11)21(7-8-23-10)13(22)9-12-5-6-17-20(12)2/h5-6,10-11,14H,3-4,7-9H2,1-2H3/t10-,14+/m1/s1. The molecule has 0 aromatic carbocycles. The van der Waals surface area contributed by atoms with Crippen molar-refractivity contribution >= 4 is 5.91 Å². The van der Waals surface area contributed by atoms with E-state index in [1.165, 1.54) is 0 Å². The van der Waals surface area contributed by atoms with Gasteiger partial charge in [-0.2, -0.15) is 10.1 Å². The largest absolute Gasteiger partial charge is 0.374 e. The number of aryl methyl sites for hydroxylation is 1. The smallest absolute Gasteiger partial charge is 0.252 e. The highest BCUT2D eigenvalue weighted by Crippen LogP contribution is 2.39. The number of carbonyl (C=O) groups excluding carboxylic acids is 1. The summed E-state index contributed by atoms with van der Waals surface area (Å²) in [5.41, 5.74) is 0.877.